The van der Waals surface area contributed by atoms with Crippen molar-refractivity contribution in [3.05, 3.63) is 186 Å². The van der Waals surface area contributed by atoms with Gasteiger partial charge in [0.15, 0.2) is 0 Å². The van der Waals surface area contributed by atoms with Gasteiger partial charge >= 0.3 is 0 Å². The fraction of sp³-hybridized carbons (Fsp3) is 0.143. The van der Waals surface area contributed by atoms with Gasteiger partial charge in [-0.3, -0.25) is 0 Å². The Morgan fingerprint density at radius 2 is 1.30 bits per heavy atom. The molecule has 8 aromatic rings. The zero-order chi connectivity index (χ0) is 33.4. The van der Waals surface area contributed by atoms with Crippen LogP contribution in [-0.2, 0) is 18.3 Å². The van der Waals surface area contributed by atoms with Crippen LogP contribution in [0.5, 0.6) is 0 Å². The van der Waals surface area contributed by atoms with Gasteiger partial charge in [-0.05, 0) is 123 Å². The highest BCUT2D eigenvalue weighted by molar-refractivity contribution is 6.11. The summed E-state index contributed by atoms with van der Waals surface area (Å²) in [5.74, 6) is 0.502. The summed E-state index contributed by atoms with van der Waals surface area (Å²) in [4.78, 5) is 0. The first-order valence-electron chi connectivity index (χ1n) is 18.1. The van der Waals surface area contributed by atoms with Crippen LogP contribution in [0.4, 0.5) is 0 Å². The Hall–Kier alpha value is -5.66. The van der Waals surface area contributed by atoms with E-state index >= 15 is 0 Å². The number of hydrogen-bond acceptors (Lipinski definition) is 0. The van der Waals surface area contributed by atoms with E-state index in [2.05, 4.69) is 176 Å². The average molecular weight is 642 g/mol. The number of aromatic nitrogens is 1. The van der Waals surface area contributed by atoms with Crippen molar-refractivity contribution in [2.24, 2.45) is 0 Å². The van der Waals surface area contributed by atoms with E-state index in [1.165, 1.54) is 88.7 Å². The lowest BCUT2D eigenvalue weighted by atomic mass is 9.82. The van der Waals surface area contributed by atoms with Gasteiger partial charge in [0.2, 0.25) is 0 Å². The monoisotopic (exact) mass is 641 g/mol. The minimum absolute atomic E-state index is 0.0541. The molecule has 1 heterocycles. The van der Waals surface area contributed by atoms with Crippen LogP contribution in [0, 0.1) is 0 Å². The lowest BCUT2D eigenvalue weighted by Crippen LogP contribution is -2.14. The summed E-state index contributed by atoms with van der Waals surface area (Å²) in [6.45, 7) is 4.74. The Bertz CT molecular complexity index is 2600. The number of hydrogen-bond donors (Lipinski definition) is 0. The minimum atomic E-state index is -0.0541. The van der Waals surface area contributed by atoms with Crippen LogP contribution < -0.4 is 0 Å². The van der Waals surface area contributed by atoms with Gasteiger partial charge in [0.25, 0.3) is 0 Å². The molecule has 0 amide bonds. The van der Waals surface area contributed by atoms with Crippen LogP contribution in [0.1, 0.15) is 54.0 Å². The molecule has 10 rings (SSSR count). The smallest absolute Gasteiger partial charge is 0.0544 e. The second kappa shape index (κ2) is 11.2. The molecular formula is C49H39N. The number of benzene rings is 7. The fourth-order valence-electron chi connectivity index (χ4n) is 9.18. The zero-order valence-electron chi connectivity index (χ0n) is 28.7. The summed E-state index contributed by atoms with van der Waals surface area (Å²) >= 11 is 0. The normalized spacial score (nSPS) is 15.7. The molecule has 7 aromatic carbocycles. The Kier molecular flexibility index (Phi) is 6.55. The van der Waals surface area contributed by atoms with Crippen molar-refractivity contribution in [3.63, 3.8) is 0 Å². The highest BCUT2D eigenvalue weighted by Crippen LogP contribution is 2.51. The molecule has 2 aliphatic carbocycles. The molecular weight excluding hydrogens is 603 g/mol. The Morgan fingerprint density at radius 1 is 0.540 bits per heavy atom. The van der Waals surface area contributed by atoms with Crippen molar-refractivity contribution in [2.45, 2.75) is 44.4 Å². The molecule has 1 unspecified atom stereocenters. The Balaban J connectivity index is 1.10. The highest BCUT2D eigenvalue weighted by Gasteiger charge is 2.36. The third-order valence-corrected chi connectivity index (χ3v) is 11.7. The first-order chi connectivity index (χ1) is 24.5. The summed E-state index contributed by atoms with van der Waals surface area (Å²) in [5.41, 5.74) is 18.8. The molecule has 1 heteroatoms. The van der Waals surface area contributed by atoms with Crippen LogP contribution in [0.25, 0.3) is 60.9 Å². The maximum atomic E-state index is 2.49. The van der Waals surface area contributed by atoms with Gasteiger partial charge in [0.1, 0.15) is 0 Å². The minimum Gasteiger partial charge on any atom is -0.309 e. The fourth-order valence-corrected chi connectivity index (χ4v) is 9.18. The topological polar surface area (TPSA) is 4.93 Å². The van der Waals surface area contributed by atoms with E-state index in [4.69, 9.17) is 0 Å². The van der Waals surface area contributed by atoms with Crippen LogP contribution in [-0.4, -0.2) is 4.57 Å². The molecule has 0 N–H and O–H groups in total. The quantitative estimate of drug-likeness (QED) is 0.180. The molecule has 2 aliphatic rings. The van der Waals surface area contributed by atoms with E-state index < -0.39 is 0 Å². The van der Waals surface area contributed by atoms with Gasteiger partial charge in [-0.15, -0.1) is 0 Å². The van der Waals surface area contributed by atoms with Gasteiger partial charge in [-0.25, -0.2) is 0 Å². The molecule has 240 valence electrons. The molecule has 0 saturated carbocycles. The highest BCUT2D eigenvalue weighted by atomic mass is 15.0. The van der Waals surface area contributed by atoms with Crippen molar-refractivity contribution in [1.29, 1.82) is 0 Å². The molecule has 1 nitrogen and oxygen atoms in total. The predicted octanol–water partition coefficient (Wildman–Crippen LogP) is 12.7. The van der Waals surface area contributed by atoms with Crippen LogP contribution in [0.3, 0.4) is 0 Å². The molecule has 0 radical (unpaired) electrons. The number of nitrogens with zero attached hydrogens (tertiary/aromatic N) is 1. The van der Waals surface area contributed by atoms with E-state index in [-0.39, 0.29) is 5.41 Å². The maximum absolute atomic E-state index is 2.49. The Labute approximate surface area is 294 Å². The largest absolute Gasteiger partial charge is 0.309 e. The lowest BCUT2D eigenvalue weighted by Gasteiger charge is -2.21. The second-order valence-corrected chi connectivity index (χ2v) is 14.9. The van der Waals surface area contributed by atoms with Crippen molar-refractivity contribution in [1.82, 2.24) is 4.57 Å². The van der Waals surface area contributed by atoms with E-state index in [1.54, 1.807) is 0 Å². The van der Waals surface area contributed by atoms with E-state index in [9.17, 15) is 0 Å². The SMILES string of the molecule is CC1(C)c2ccccc2-c2cc3c4ccccc4n(-c4cccc(-c5ccc6c(c5)-c5ccccc5C(Cc5ccccc5)CC6)c4)c3cc21. The van der Waals surface area contributed by atoms with Gasteiger partial charge in [-0.2, -0.15) is 0 Å². The number of aryl methyl sites for hydroxylation is 1. The van der Waals surface area contributed by atoms with Crippen molar-refractivity contribution in [3.8, 4) is 39.1 Å². The third-order valence-electron chi connectivity index (χ3n) is 11.7. The first kappa shape index (κ1) is 29.3. The van der Waals surface area contributed by atoms with Crippen molar-refractivity contribution >= 4 is 21.8 Å². The number of rotatable bonds is 4. The molecule has 1 atom stereocenters. The molecule has 1 aromatic heterocycles. The molecule has 0 spiro atoms. The third kappa shape index (κ3) is 4.46. The molecule has 50 heavy (non-hydrogen) atoms. The van der Waals surface area contributed by atoms with Gasteiger partial charge in [0, 0.05) is 21.9 Å². The van der Waals surface area contributed by atoms with Gasteiger partial charge in [-0.1, -0.05) is 135 Å². The van der Waals surface area contributed by atoms with Crippen LogP contribution in [0.2, 0.25) is 0 Å². The zero-order valence-corrected chi connectivity index (χ0v) is 28.7. The summed E-state index contributed by atoms with van der Waals surface area (Å²) in [6, 6.07) is 59.3. The average Bonchev–Trinajstić information content (AvgIpc) is 3.54. The summed E-state index contributed by atoms with van der Waals surface area (Å²) in [7, 11) is 0. The second-order valence-electron chi connectivity index (χ2n) is 14.9. The van der Waals surface area contributed by atoms with Crippen LogP contribution >= 0.6 is 0 Å². The number of para-hydroxylation sites is 1. The molecule has 0 bridgehead atoms. The Morgan fingerprint density at radius 3 is 2.20 bits per heavy atom. The first-order valence-corrected chi connectivity index (χ1v) is 18.1. The van der Waals surface area contributed by atoms with Crippen LogP contribution in [0.15, 0.2) is 158 Å². The van der Waals surface area contributed by atoms with E-state index in [1.807, 2.05) is 0 Å². The van der Waals surface area contributed by atoms with Gasteiger partial charge in [0.05, 0.1) is 11.0 Å². The van der Waals surface area contributed by atoms with Crippen molar-refractivity contribution in [2.75, 3.05) is 0 Å². The lowest BCUT2D eigenvalue weighted by molar-refractivity contribution is 0.629. The maximum Gasteiger partial charge on any atom is 0.0544 e. The van der Waals surface area contributed by atoms with Crippen molar-refractivity contribution < 1.29 is 0 Å². The standard InChI is InChI=1S/C49H39N/c1-49(2)45-21-10-8-19-40(45)43-30-44-41-20-9-11-22-47(41)50(48(44)31-46(43)49)37-16-12-15-34(28-37)35-25-23-33-24-26-36(27-32-13-4-3-5-14-32)38-17-6-7-18-39(38)42(33)29-35/h3-23,25,28-31,36H,24,26-27H2,1-2H3. The summed E-state index contributed by atoms with van der Waals surface area (Å²) < 4.78 is 2.49. The molecule has 0 saturated heterocycles. The molecule has 0 aliphatic heterocycles. The predicted molar refractivity (Wildman–Crippen MR) is 210 cm³/mol. The molecule has 0 fully saturated rings. The van der Waals surface area contributed by atoms with Gasteiger partial charge < -0.3 is 4.57 Å². The summed E-state index contributed by atoms with van der Waals surface area (Å²) in [5, 5.41) is 2.61. The van der Waals surface area contributed by atoms with E-state index in [0.717, 1.165) is 19.3 Å². The summed E-state index contributed by atoms with van der Waals surface area (Å²) in [6.07, 6.45) is 3.33. The number of fused-ring (bicyclic) bond motifs is 9. The van der Waals surface area contributed by atoms with E-state index in [0.29, 0.717) is 5.92 Å².